The number of aryl methyl sites for hydroxylation is 1. The Morgan fingerprint density at radius 1 is 1.50 bits per heavy atom. The third-order valence-corrected chi connectivity index (χ3v) is 4.21. The van der Waals surface area contributed by atoms with Gasteiger partial charge in [0.25, 0.3) is 0 Å². The lowest BCUT2D eigenvalue weighted by Gasteiger charge is -2.00. The van der Waals surface area contributed by atoms with E-state index in [0.29, 0.717) is 6.42 Å². The third-order valence-electron chi connectivity index (χ3n) is 2.23. The van der Waals surface area contributed by atoms with E-state index in [9.17, 15) is 0 Å². The van der Waals surface area contributed by atoms with Gasteiger partial charge in [-0.25, -0.2) is 0 Å². The predicted molar refractivity (Wildman–Crippen MR) is 63.6 cm³/mol. The summed E-state index contributed by atoms with van der Waals surface area (Å²) < 4.78 is 2.36. The maximum Gasteiger partial charge on any atom is 0.0670 e. The molecule has 1 aromatic heterocycles. The molecule has 0 aliphatic rings. The van der Waals surface area contributed by atoms with Crippen LogP contribution < -0.4 is 0 Å². The zero-order valence-electron chi connectivity index (χ0n) is 7.67. The maximum atomic E-state index is 8.70. The van der Waals surface area contributed by atoms with Crippen molar-refractivity contribution in [2.75, 3.05) is 0 Å². The van der Waals surface area contributed by atoms with Gasteiger partial charge in [-0.1, -0.05) is 6.07 Å². The average molecular weight is 266 g/mol. The van der Waals surface area contributed by atoms with Crippen molar-refractivity contribution in [3.8, 4) is 6.07 Å². The molecular weight excluding hydrogens is 258 g/mol. The van der Waals surface area contributed by atoms with Crippen molar-refractivity contribution in [2.24, 2.45) is 0 Å². The Kier molecular flexibility index (Phi) is 2.58. The topological polar surface area (TPSA) is 23.8 Å². The molecule has 0 saturated carbocycles. The second-order valence-electron chi connectivity index (χ2n) is 3.16. The van der Waals surface area contributed by atoms with Gasteiger partial charge in [0, 0.05) is 14.6 Å². The van der Waals surface area contributed by atoms with Crippen LogP contribution in [0.15, 0.2) is 22.0 Å². The molecule has 0 fully saturated rings. The highest BCUT2D eigenvalue weighted by atomic mass is 79.9. The second kappa shape index (κ2) is 3.72. The highest BCUT2D eigenvalue weighted by molar-refractivity contribution is 9.10. The van der Waals surface area contributed by atoms with Crippen LogP contribution in [0, 0.1) is 18.3 Å². The van der Waals surface area contributed by atoms with Gasteiger partial charge in [0.2, 0.25) is 0 Å². The number of halogens is 1. The maximum absolute atomic E-state index is 8.70. The van der Waals surface area contributed by atoms with Crippen LogP contribution in [-0.4, -0.2) is 0 Å². The molecule has 0 N–H and O–H groups in total. The zero-order valence-corrected chi connectivity index (χ0v) is 10.1. The summed E-state index contributed by atoms with van der Waals surface area (Å²) in [6, 6.07) is 6.34. The summed E-state index contributed by atoms with van der Waals surface area (Å²) >= 11 is 5.22. The van der Waals surface area contributed by atoms with Crippen molar-refractivity contribution in [3.63, 3.8) is 0 Å². The van der Waals surface area contributed by atoms with Gasteiger partial charge >= 0.3 is 0 Å². The van der Waals surface area contributed by atoms with Crippen molar-refractivity contribution in [1.82, 2.24) is 0 Å². The molecule has 2 aromatic rings. The number of hydrogen-bond acceptors (Lipinski definition) is 2. The van der Waals surface area contributed by atoms with Crippen LogP contribution >= 0.6 is 27.3 Å². The lowest BCUT2D eigenvalue weighted by Crippen LogP contribution is -1.81. The summed E-state index contributed by atoms with van der Waals surface area (Å²) in [5, 5.41) is 12.0. The van der Waals surface area contributed by atoms with Gasteiger partial charge in [-0.05, 0) is 45.4 Å². The Labute approximate surface area is 95.1 Å². The molecule has 1 heterocycles. The molecule has 14 heavy (non-hydrogen) atoms. The number of nitrogens with zero attached hydrogens (tertiary/aromatic N) is 1. The fourth-order valence-electron chi connectivity index (χ4n) is 1.57. The van der Waals surface area contributed by atoms with Crippen molar-refractivity contribution >= 4 is 37.4 Å². The quantitative estimate of drug-likeness (QED) is 0.764. The van der Waals surface area contributed by atoms with Crippen molar-refractivity contribution in [3.05, 3.63) is 33.1 Å². The number of hydrogen-bond donors (Lipinski definition) is 0. The van der Waals surface area contributed by atoms with Crippen molar-refractivity contribution in [2.45, 2.75) is 13.3 Å². The van der Waals surface area contributed by atoms with E-state index in [2.05, 4.69) is 46.4 Å². The standard InChI is InChI=1S/C11H8BrNS/c1-7-2-3-9(12)11-10(7)8(4-5-13)6-14-11/h2-3,6H,4H2,1H3. The minimum absolute atomic E-state index is 0.497. The summed E-state index contributed by atoms with van der Waals surface area (Å²) in [4.78, 5) is 0. The zero-order chi connectivity index (χ0) is 10.1. The molecule has 0 radical (unpaired) electrons. The number of rotatable bonds is 1. The molecule has 3 heteroatoms. The van der Waals surface area contributed by atoms with Gasteiger partial charge in [-0.3, -0.25) is 0 Å². The average Bonchev–Trinajstić information content (AvgIpc) is 2.58. The molecule has 1 nitrogen and oxygen atoms in total. The van der Waals surface area contributed by atoms with E-state index in [1.54, 1.807) is 11.3 Å². The highest BCUT2D eigenvalue weighted by Crippen LogP contribution is 2.34. The minimum Gasteiger partial charge on any atom is -0.198 e. The van der Waals surface area contributed by atoms with E-state index < -0.39 is 0 Å². The smallest absolute Gasteiger partial charge is 0.0670 e. The van der Waals surface area contributed by atoms with E-state index in [1.165, 1.54) is 15.6 Å². The monoisotopic (exact) mass is 265 g/mol. The van der Waals surface area contributed by atoms with Crippen molar-refractivity contribution < 1.29 is 0 Å². The first-order valence-corrected chi connectivity index (χ1v) is 5.93. The van der Waals surface area contributed by atoms with Crippen LogP contribution in [-0.2, 0) is 6.42 Å². The number of benzene rings is 1. The van der Waals surface area contributed by atoms with Crippen LogP contribution in [0.5, 0.6) is 0 Å². The normalized spacial score (nSPS) is 10.4. The van der Waals surface area contributed by atoms with E-state index in [1.807, 2.05) is 0 Å². The molecule has 0 spiro atoms. The molecule has 1 aromatic carbocycles. The summed E-state index contributed by atoms with van der Waals surface area (Å²) in [5.41, 5.74) is 2.39. The van der Waals surface area contributed by atoms with Gasteiger partial charge < -0.3 is 0 Å². The van der Waals surface area contributed by atoms with E-state index >= 15 is 0 Å². The van der Waals surface area contributed by atoms with Gasteiger partial charge in [-0.2, -0.15) is 5.26 Å². The lowest BCUT2D eigenvalue weighted by molar-refractivity contribution is 1.30. The summed E-state index contributed by atoms with van der Waals surface area (Å²) in [7, 11) is 0. The van der Waals surface area contributed by atoms with Gasteiger partial charge in [-0.15, -0.1) is 11.3 Å². The minimum atomic E-state index is 0.497. The first-order valence-electron chi connectivity index (χ1n) is 4.26. The Balaban J connectivity index is 2.78. The highest BCUT2D eigenvalue weighted by Gasteiger charge is 2.08. The lowest BCUT2D eigenvalue weighted by atomic mass is 10.1. The van der Waals surface area contributed by atoms with E-state index in [4.69, 9.17) is 5.26 Å². The molecular formula is C11H8BrNS. The fourth-order valence-corrected chi connectivity index (χ4v) is 3.24. The summed E-state index contributed by atoms with van der Waals surface area (Å²) in [5.74, 6) is 0. The SMILES string of the molecule is Cc1ccc(Br)c2scc(CC#N)c12. The van der Waals surface area contributed by atoms with Crippen LogP contribution in [0.4, 0.5) is 0 Å². The van der Waals surface area contributed by atoms with E-state index in [-0.39, 0.29) is 0 Å². The number of nitriles is 1. The Morgan fingerprint density at radius 2 is 2.29 bits per heavy atom. The Hall–Kier alpha value is -0.850. The van der Waals surface area contributed by atoms with Crippen molar-refractivity contribution in [1.29, 1.82) is 5.26 Å². The largest absolute Gasteiger partial charge is 0.198 e. The predicted octanol–water partition coefficient (Wildman–Crippen LogP) is 4.04. The van der Waals surface area contributed by atoms with Crippen LogP contribution in [0.1, 0.15) is 11.1 Å². The Morgan fingerprint density at radius 3 is 3.00 bits per heavy atom. The molecule has 0 atom stereocenters. The summed E-state index contributed by atoms with van der Waals surface area (Å²) in [6.45, 7) is 2.09. The van der Waals surface area contributed by atoms with Crippen LogP contribution in [0.25, 0.3) is 10.1 Å². The second-order valence-corrected chi connectivity index (χ2v) is 4.90. The first-order chi connectivity index (χ1) is 6.74. The van der Waals surface area contributed by atoms with Crippen LogP contribution in [0.3, 0.4) is 0 Å². The molecule has 2 rings (SSSR count). The molecule has 70 valence electrons. The Bertz CT molecular complexity index is 522. The molecule has 0 bridgehead atoms. The molecule has 0 amide bonds. The number of thiophene rings is 1. The molecule has 0 unspecified atom stereocenters. The summed E-state index contributed by atoms with van der Waals surface area (Å²) in [6.07, 6.45) is 0.497. The van der Waals surface area contributed by atoms with Crippen LogP contribution in [0.2, 0.25) is 0 Å². The molecule has 0 saturated heterocycles. The van der Waals surface area contributed by atoms with Gasteiger partial charge in [0.15, 0.2) is 0 Å². The van der Waals surface area contributed by atoms with Gasteiger partial charge in [0.05, 0.1) is 12.5 Å². The fraction of sp³-hybridized carbons (Fsp3) is 0.182. The first kappa shape index (κ1) is 9.70. The molecule has 0 aliphatic heterocycles. The molecule has 0 aliphatic carbocycles. The third kappa shape index (κ3) is 1.45. The number of fused-ring (bicyclic) bond motifs is 1. The van der Waals surface area contributed by atoms with Gasteiger partial charge in [0.1, 0.15) is 0 Å². The van der Waals surface area contributed by atoms with E-state index in [0.717, 1.165) is 10.0 Å².